The average Bonchev–Trinajstić information content (AvgIpc) is 2.84. The average molecular weight is 307 g/mol. The van der Waals surface area contributed by atoms with Crippen molar-refractivity contribution in [3.8, 4) is 11.5 Å². The summed E-state index contributed by atoms with van der Waals surface area (Å²) in [4.78, 5) is 0. The minimum Gasteiger partial charge on any atom is -0.508 e. The fourth-order valence-electron chi connectivity index (χ4n) is 2.68. The number of hydrogen-bond donors (Lipinski definition) is 1. The zero-order chi connectivity index (χ0) is 14.7. The molecule has 0 amide bonds. The molecule has 0 unspecified atom stereocenters. The minimum absolute atomic E-state index is 0.256. The van der Waals surface area contributed by atoms with Crippen molar-refractivity contribution in [3.05, 3.63) is 41.2 Å². The fraction of sp³-hybridized carbons (Fsp3) is 0.438. The molecule has 1 aliphatic carbocycles. The second-order valence-electron chi connectivity index (χ2n) is 5.50. The van der Waals surface area contributed by atoms with Crippen molar-refractivity contribution in [3.63, 3.8) is 0 Å². The van der Waals surface area contributed by atoms with Crippen LogP contribution in [0.25, 0.3) is 0 Å². The Kier molecular flexibility index (Phi) is 4.34. The molecule has 1 aliphatic rings. The zero-order valence-corrected chi connectivity index (χ0v) is 12.6. The number of ether oxygens (including phenoxy) is 1. The molecule has 5 heteroatoms. The van der Waals surface area contributed by atoms with E-state index in [0.717, 1.165) is 18.4 Å². The van der Waals surface area contributed by atoms with E-state index in [1.54, 1.807) is 23.0 Å². The molecule has 2 aromatic rings. The van der Waals surface area contributed by atoms with Crippen LogP contribution >= 0.6 is 11.6 Å². The minimum atomic E-state index is 0.256. The third kappa shape index (κ3) is 3.50. The SMILES string of the molecule is Oc1ccc(Cn2ncc(OC3CCCCC3)c2Cl)cc1. The van der Waals surface area contributed by atoms with Gasteiger partial charge >= 0.3 is 0 Å². The van der Waals surface area contributed by atoms with Gasteiger partial charge in [0.1, 0.15) is 5.75 Å². The third-order valence-corrected chi connectivity index (χ3v) is 4.24. The quantitative estimate of drug-likeness (QED) is 0.928. The van der Waals surface area contributed by atoms with Crippen LogP contribution < -0.4 is 4.74 Å². The van der Waals surface area contributed by atoms with Crippen molar-refractivity contribution in [2.45, 2.75) is 44.8 Å². The van der Waals surface area contributed by atoms with Gasteiger partial charge in [-0.3, -0.25) is 0 Å². The summed E-state index contributed by atoms with van der Waals surface area (Å²) in [6, 6.07) is 7.03. The highest BCUT2D eigenvalue weighted by atomic mass is 35.5. The molecule has 1 fully saturated rings. The molecule has 21 heavy (non-hydrogen) atoms. The van der Waals surface area contributed by atoms with Gasteiger partial charge in [0, 0.05) is 0 Å². The summed E-state index contributed by atoms with van der Waals surface area (Å²) in [5.41, 5.74) is 1.03. The summed E-state index contributed by atoms with van der Waals surface area (Å²) in [6.07, 6.45) is 7.90. The van der Waals surface area contributed by atoms with Crippen LogP contribution in [0.1, 0.15) is 37.7 Å². The molecule has 1 aromatic heterocycles. The summed E-state index contributed by atoms with van der Waals surface area (Å²) in [5, 5.41) is 14.1. The Bertz CT molecular complexity index is 589. The first-order chi connectivity index (χ1) is 10.2. The maximum absolute atomic E-state index is 9.30. The van der Waals surface area contributed by atoms with E-state index in [0.29, 0.717) is 17.4 Å². The predicted octanol–water partition coefficient (Wildman–Crippen LogP) is 4.00. The lowest BCUT2D eigenvalue weighted by Gasteiger charge is -2.22. The molecule has 1 heterocycles. The fourth-order valence-corrected chi connectivity index (χ4v) is 2.88. The molecule has 1 aromatic carbocycles. The number of rotatable bonds is 4. The summed E-state index contributed by atoms with van der Waals surface area (Å²) < 4.78 is 7.68. The normalized spacial score (nSPS) is 16.0. The van der Waals surface area contributed by atoms with E-state index in [1.807, 2.05) is 12.1 Å². The van der Waals surface area contributed by atoms with Crippen LogP contribution in [-0.2, 0) is 6.54 Å². The Hall–Kier alpha value is -1.68. The van der Waals surface area contributed by atoms with E-state index in [-0.39, 0.29) is 11.9 Å². The number of aromatic hydroxyl groups is 1. The lowest BCUT2D eigenvalue weighted by molar-refractivity contribution is 0.155. The summed E-state index contributed by atoms with van der Waals surface area (Å²) in [6.45, 7) is 0.563. The highest BCUT2D eigenvalue weighted by Gasteiger charge is 2.18. The maximum Gasteiger partial charge on any atom is 0.176 e. The number of phenolic OH excluding ortho intramolecular Hbond substituents is 1. The van der Waals surface area contributed by atoms with E-state index in [1.165, 1.54) is 19.3 Å². The first kappa shape index (κ1) is 14.3. The van der Waals surface area contributed by atoms with E-state index in [4.69, 9.17) is 16.3 Å². The Morgan fingerprint density at radius 1 is 1.19 bits per heavy atom. The van der Waals surface area contributed by atoms with Gasteiger partial charge in [0.25, 0.3) is 0 Å². The first-order valence-electron chi connectivity index (χ1n) is 7.38. The van der Waals surface area contributed by atoms with Gasteiger partial charge < -0.3 is 9.84 Å². The molecule has 112 valence electrons. The number of phenols is 1. The number of benzene rings is 1. The van der Waals surface area contributed by atoms with Gasteiger partial charge in [-0.15, -0.1) is 0 Å². The van der Waals surface area contributed by atoms with Crippen LogP contribution in [0.15, 0.2) is 30.5 Å². The van der Waals surface area contributed by atoms with Crippen molar-refractivity contribution >= 4 is 11.6 Å². The maximum atomic E-state index is 9.30. The third-order valence-electron chi connectivity index (χ3n) is 3.86. The molecule has 0 aliphatic heterocycles. The molecule has 0 atom stereocenters. The summed E-state index contributed by atoms with van der Waals surface area (Å²) in [5.74, 6) is 0.925. The van der Waals surface area contributed by atoms with Crippen molar-refractivity contribution in [2.24, 2.45) is 0 Å². The number of hydrogen-bond acceptors (Lipinski definition) is 3. The molecule has 0 radical (unpaired) electrons. The molecular weight excluding hydrogens is 288 g/mol. The van der Waals surface area contributed by atoms with Crippen LogP contribution in [0.3, 0.4) is 0 Å². The van der Waals surface area contributed by atoms with Crippen LogP contribution in [0.5, 0.6) is 11.5 Å². The van der Waals surface area contributed by atoms with Crippen LogP contribution in [-0.4, -0.2) is 21.0 Å². The molecular formula is C16H19ClN2O2. The Morgan fingerprint density at radius 2 is 1.90 bits per heavy atom. The van der Waals surface area contributed by atoms with Gasteiger partial charge in [-0.25, -0.2) is 4.68 Å². The highest BCUT2D eigenvalue weighted by molar-refractivity contribution is 6.31. The monoisotopic (exact) mass is 306 g/mol. The van der Waals surface area contributed by atoms with E-state index in [2.05, 4.69) is 5.10 Å². The first-order valence-corrected chi connectivity index (χ1v) is 7.76. The number of aromatic nitrogens is 2. The molecule has 1 saturated carbocycles. The molecule has 0 saturated heterocycles. The van der Waals surface area contributed by atoms with E-state index >= 15 is 0 Å². The van der Waals surface area contributed by atoms with E-state index < -0.39 is 0 Å². The summed E-state index contributed by atoms with van der Waals surface area (Å²) >= 11 is 6.35. The number of nitrogens with zero attached hydrogens (tertiary/aromatic N) is 2. The summed E-state index contributed by atoms with van der Waals surface area (Å²) in [7, 11) is 0. The zero-order valence-electron chi connectivity index (χ0n) is 11.8. The van der Waals surface area contributed by atoms with Crippen molar-refractivity contribution in [2.75, 3.05) is 0 Å². The van der Waals surface area contributed by atoms with Crippen molar-refractivity contribution in [1.29, 1.82) is 0 Å². The standard InChI is InChI=1S/C16H19ClN2O2/c17-16-15(21-14-4-2-1-3-5-14)10-18-19(16)11-12-6-8-13(20)9-7-12/h6-10,14,20H,1-5,11H2. The van der Waals surface area contributed by atoms with Crippen molar-refractivity contribution in [1.82, 2.24) is 9.78 Å². The molecule has 0 spiro atoms. The van der Waals surface area contributed by atoms with Crippen LogP contribution in [0, 0.1) is 0 Å². The number of halogens is 1. The van der Waals surface area contributed by atoms with Crippen molar-refractivity contribution < 1.29 is 9.84 Å². The topological polar surface area (TPSA) is 47.3 Å². The van der Waals surface area contributed by atoms with Gasteiger partial charge in [0.15, 0.2) is 10.9 Å². The van der Waals surface area contributed by atoms with Crippen LogP contribution in [0.2, 0.25) is 5.15 Å². The Morgan fingerprint density at radius 3 is 2.62 bits per heavy atom. The predicted molar refractivity (Wildman–Crippen MR) is 81.9 cm³/mol. The molecule has 3 rings (SSSR count). The lowest BCUT2D eigenvalue weighted by atomic mass is 9.98. The highest BCUT2D eigenvalue weighted by Crippen LogP contribution is 2.29. The molecule has 1 N–H and O–H groups in total. The van der Waals surface area contributed by atoms with Gasteiger partial charge in [0.05, 0.1) is 18.8 Å². The second-order valence-corrected chi connectivity index (χ2v) is 5.86. The van der Waals surface area contributed by atoms with Gasteiger partial charge in [0.2, 0.25) is 0 Å². The van der Waals surface area contributed by atoms with Crippen LogP contribution in [0.4, 0.5) is 0 Å². The Labute approximate surface area is 129 Å². The van der Waals surface area contributed by atoms with Gasteiger partial charge in [-0.2, -0.15) is 5.10 Å². The van der Waals surface area contributed by atoms with Gasteiger partial charge in [-0.05, 0) is 43.4 Å². The molecule has 0 bridgehead atoms. The van der Waals surface area contributed by atoms with E-state index in [9.17, 15) is 5.11 Å². The smallest absolute Gasteiger partial charge is 0.176 e. The lowest BCUT2D eigenvalue weighted by Crippen LogP contribution is -2.19. The largest absolute Gasteiger partial charge is 0.508 e. The molecule has 4 nitrogen and oxygen atoms in total. The van der Waals surface area contributed by atoms with Gasteiger partial charge in [-0.1, -0.05) is 30.2 Å². The Balaban J connectivity index is 1.68. The second kappa shape index (κ2) is 6.39.